The fraction of sp³-hybridized carbons (Fsp3) is 0.681. The topological polar surface area (TPSA) is 154 Å². The van der Waals surface area contributed by atoms with Gasteiger partial charge in [-0.15, -0.1) is 0 Å². The van der Waals surface area contributed by atoms with Crippen molar-refractivity contribution < 1.29 is 58.4 Å². The number of esters is 3. The Kier molecular flexibility index (Phi) is 41.2. The van der Waals surface area contributed by atoms with Crippen LogP contribution >= 0.6 is 12.2 Å². The Labute approximate surface area is 525 Å². The molecule has 1 amide bonds. The fourth-order valence-electron chi connectivity index (χ4n) is 10.8. The highest BCUT2D eigenvalue weighted by Crippen LogP contribution is 2.33. The Hall–Kier alpha value is -4.73. The number of benzene rings is 3. The van der Waals surface area contributed by atoms with Gasteiger partial charge >= 0.3 is 24.0 Å². The normalized spacial score (nSPS) is 17.1. The molecule has 1 fully saturated rings. The van der Waals surface area contributed by atoms with Crippen molar-refractivity contribution in [2.45, 2.75) is 296 Å². The molecule has 0 radical (unpaired) electrons. The Morgan fingerprint density at radius 3 is 1.35 bits per heavy atom. The zero-order valence-corrected chi connectivity index (χ0v) is 53.7. The van der Waals surface area contributed by atoms with Gasteiger partial charge in [-0.05, 0) is 41.3 Å². The monoisotopic (exact) mass is 1210 g/mol. The zero-order valence-electron chi connectivity index (χ0n) is 53.9. The van der Waals surface area contributed by atoms with E-state index in [0.29, 0.717) is 17.7 Å². The maximum atomic E-state index is 13.9. The summed E-state index contributed by atoms with van der Waals surface area (Å²) in [6.07, 6.45) is 29.8. The van der Waals surface area contributed by atoms with Crippen LogP contribution in [0, 0.1) is 0 Å². The largest absolute Gasteiger partial charge is 0.462 e. The summed E-state index contributed by atoms with van der Waals surface area (Å²) >= 11 is 5.64. The molecule has 1 aliphatic rings. The second-order valence-electron chi connectivity index (χ2n) is 23.5. The van der Waals surface area contributed by atoms with E-state index in [0.717, 1.165) is 55.2 Å². The van der Waals surface area contributed by atoms with Crippen LogP contribution in [0.1, 0.15) is 257 Å². The quantitative estimate of drug-likeness (QED) is 0.0247. The third-order valence-corrected chi connectivity index (χ3v) is 16.0. The minimum Gasteiger partial charge on any atom is -0.462 e. The van der Waals surface area contributed by atoms with E-state index in [1.165, 1.54) is 141 Å². The number of carbonyl (C=O) groups excluding carboxylic acids is 4. The molecule has 14 heteroatoms. The highest BCUT2D eigenvalue weighted by Gasteiger charge is 2.50. The molecule has 86 heavy (non-hydrogen) atoms. The number of unbranched alkanes of at least 4 members (excludes halogenated alkanes) is 28. The van der Waals surface area contributed by atoms with Crippen molar-refractivity contribution >= 4 is 41.1 Å². The predicted molar refractivity (Wildman–Crippen MR) is 347 cm³/mol. The fourth-order valence-corrected chi connectivity index (χ4v) is 11.0. The lowest BCUT2D eigenvalue weighted by Gasteiger charge is -2.45. The van der Waals surface area contributed by atoms with Gasteiger partial charge in [0.05, 0.1) is 26.2 Å². The molecule has 1 saturated heterocycles. The van der Waals surface area contributed by atoms with Gasteiger partial charge in [0, 0.05) is 27.2 Å². The molecule has 3 aromatic rings. The smallest absolute Gasteiger partial charge is 0.407 e. The van der Waals surface area contributed by atoms with Gasteiger partial charge < -0.3 is 43.2 Å². The van der Waals surface area contributed by atoms with Crippen LogP contribution < -0.4 is 5.32 Å². The highest BCUT2D eigenvalue weighted by molar-refractivity contribution is 7.80. The van der Waals surface area contributed by atoms with E-state index < -0.39 is 54.8 Å². The number of amides is 1. The van der Waals surface area contributed by atoms with Crippen molar-refractivity contribution in [3.05, 3.63) is 108 Å². The molecule has 0 saturated carbocycles. The molecule has 2 unspecified atom stereocenters. The molecule has 1 N–H and O–H groups in total. The predicted octanol–water partition coefficient (Wildman–Crippen LogP) is 17.9. The molecule has 1 heterocycles. The summed E-state index contributed by atoms with van der Waals surface area (Å²) in [4.78, 5) is 53.8. The standard InChI is InChI=1S/C72H111NO12S/c1-4-6-8-10-12-14-16-18-20-22-24-26-28-30-41-49-65(74)78-57-63(83-66(75)50-42-31-29-27-25-23-21-19-17-15-13-11-9-7-5-2)58-81-71-70(80-55-61-45-37-33-38-46-61)69(79-54-60-43-35-32-36-44-60)68(64(84-71)53-59(3)86)85-67(76)51-52-73-72(77)82-56-62-47-39-34-40-48-62/h32-40,43-48,63-64,68-71H,4-31,41-42,49-58H2,1-3H3,(H,73,77)/t63?,64-,68-,69+,70-,71?/m1/s1/i3D. The molecular weight excluding hydrogens is 1100 g/mol. The minimum atomic E-state index is -1.21. The van der Waals surface area contributed by atoms with Gasteiger partial charge in [0.1, 0.15) is 31.5 Å². The Bertz CT molecular complexity index is 2210. The first-order valence-corrected chi connectivity index (χ1v) is 34.0. The van der Waals surface area contributed by atoms with Crippen LogP contribution in [-0.4, -0.2) is 85.4 Å². The van der Waals surface area contributed by atoms with E-state index >= 15 is 0 Å². The van der Waals surface area contributed by atoms with E-state index in [1.54, 1.807) is 0 Å². The average molecular weight is 1220 g/mol. The van der Waals surface area contributed by atoms with Gasteiger partial charge in [-0.25, -0.2) is 4.79 Å². The summed E-state index contributed by atoms with van der Waals surface area (Å²) in [7, 11) is 0. The molecule has 4 rings (SSSR count). The third-order valence-electron chi connectivity index (χ3n) is 15.8. The van der Waals surface area contributed by atoms with Gasteiger partial charge in [-0.1, -0.05) is 297 Å². The molecule has 482 valence electrons. The number of carbonyl (C=O) groups is 4. The number of alkyl carbamates (subject to hydrolysis) is 1. The minimum absolute atomic E-state index is 0.0336. The first-order chi connectivity index (χ1) is 42.7. The van der Waals surface area contributed by atoms with Crippen molar-refractivity contribution in [1.82, 2.24) is 5.32 Å². The van der Waals surface area contributed by atoms with Crippen molar-refractivity contribution in [3.63, 3.8) is 0 Å². The van der Waals surface area contributed by atoms with E-state index in [-0.39, 0.29) is 78.1 Å². The van der Waals surface area contributed by atoms with Crippen LogP contribution in [0.5, 0.6) is 0 Å². The molecule has 0 spiro atoms. The average Bonchev–Trinajstić information content (AvgIpc) is 2.19. The molecule has 3 aromatic carbocycles. The number of ether oxygens (including phenoxy) is 8. The second kappa shape index (κ2) is 49.2. The summed E-state index contributed by atoms with van der Waals surface area (Å²) in [5.74, 6) is -1.43. The molecular formula is C72H111NO12S. The van der Waals surface area contributed by atoms with Gasteiger partial charge in [-0.3, -0.25) is 14.4 Å². The van der Waals surface area contributed by atoms with Crippen LogP contribution in [-0.2, 0) is 72.1 Å². The molecule has 6 atom stereocenters. The second-order valence-corrected chi connectivity index (χ2v) is 24.1. The Morgan fingerprint density at radius 1 is 0.477 bits per heavy atom. The van der Waals surface area contributed by atoms with Crippen LogP contribution in [0.15, 0.2) is 91.0 Å². The number of nitrogens with one attached hydrogen (secondary N) is 1. The van der Waals surface area contributed by atoms with Crippen LogP contribution in [0.3, 0.4) is 0 Å². The third kappa shape index (κ3) is 35.9. The maximum Gasteiger partial charge on any atom is 0.407 e. The van der Waals surface area contributed by atoms with Gasteiger partial charge in [0.2, 0.25) is 0 Å². The summed E-state index contributed by atoms with van der Waals surface area (Å²) in [6, 6.07) is 28.4. The van der Waals surface area contributed by atoms with Crippen LogP contribution in [0.25, 0.3) is 0 Å². The first kappa shape index (κ1) is 72.0. The Balaban J connectivity index is 1.43. The lowest BCUT2D eigenvalue weighted by molar-refractivity contribution is -0.319. The van der Waals surface area contributed by atoms with Crippen molar-refractivity contribution in [3.8, 4) is 0 Å². The summed E-state index contributed by atoms with van der Waals surface area (Å²) < 4.78 is 58.6. The highest BCUT2D eigenvalue weighted by atomic mass is 32.1. The number of hydrogen-bond acceptors (Lipinski definition) is 13. The van der Waals surface area contributed by atoms with Crippen molar-refractivity contribution in [1.29, 1.82) is 0 Å². The van der Waals surface area contributed by atoms with Crippen LogP contribution in [0.4, 0.5) is 4.79 Å². The van der Waals surface area contributed by atoms with Gasteiger partial charge in [0.25, 0.3) is 0 Å². The molecule has 0 aromatic heterocycles. The zero-order chi connectivity index (χ0) is 62.0. The number of thiocarbonyl (C=S) groups is 1. The van der Waals surface area contributed by atoms with E-state index in [2.05, 4.69) is 19.2 Å². The lowest BCUT2D eigenvalue weighted by Crippen LogP contribution is -2.61. The maximum absolute atomic E-state index is 13.9. The molecule has 0 bridgehead atoms. The van der Waals surface area contributed by atoms with Gasteiger partial charge in [-0.2, -0.15) is 0 Å². The van der Waals surface area contributed by atoms with Crippen LogP contribution in [0.2, 0.25) is 0 Å². The summed E-state index contributed by atoms with van der Waals surface area (Å²) in [5, 5.41) is 2.63. The van der Waals surface area contributed by atoms with Gasteiger partial charge in [0.15, 0.2) is 18.5 Å². The first-order valence-electron chi connectivity index (χ1n) is 34.3. The number of rotatable bonds is 52. The SMILES string of the molecule is [2H]CC(=S)C[C@H]1OC(OCC(COC(=O)CCCCCCCCCCCCCCCCC)OC(=O)CCCCCCCCCCCCCCCCC)[C@H](OCc2ccccc2)[C@@H](OCc2ccccc2)[C@@H]1OC(=O)CCNC(=O)OCc1ccccc1. The summed E-state index contributed by atoms with van der Waals surface area (Å²) in [5.41, 5.74) is 2.51. The molecule has 1 aliphatic heterocycles. The van der Waals surface area contributed by atoms with E-state index in [9.17, 15) is 19.2 Å². The Morgan fingerprint density at radius 2 is 0.895 bits per heavy atom. The molecule has 0 aliphatic carbocycles. The summed E-state index contributed by atoms with van der Waals surface area (Å²) in [6.45, 7) is 4.06. The van der Waals surface area contributed by atoms with Crippen molar-refractivity contribution in [2.75, 3.05) is 19.8 Å². The van der Waals surface area contributed by atoms with Crippen molar-refractivity contribution in [2.24, 2.45) is 0 Å². The number of hydrogen-bond donors (Lipinski definition) is 1. The molecule has 13 nitrogen and oxygen atoms in total. The lowest BCUT2D eigenvalue weighted by atomic mass is 9.95. The van der Waals surface area contributed by atoms with E-state index in [4.69, 9.17) is 51.5 Å². The van der Waals surface area contributed by atoms with E-state index in [1.807, 2.05) is 91.0 Å².